The van der Waals surface area contributed by atoms with E-state index in [0.717, 1.165) is 6.54 Å². The Balaban J connectivity index is 1.68. The minimum Gasteiger partial charge on any atom is -0.396 e. The number of likely N-dealkylation sites (tertiary alicyclic amines) is 1. The molecule has 2 nitrogen and oxygen atoms in total. The molecule has 2 heteroatoms. The van der Waals surface area contributed by atoms with Gasteiger partial charge >= 0.3 is 0 Å². The van der Waals surface area contributed by atoms with Crippen LogP contribution in [0.3, 0.4) is 0 Å². The summed E-state index contributed by atoms with van der Waals surface area (Å²) in [5.41, 5.74) is 0. The third-order valence-electron chi connectivity index (χ3n) is 5.96. The fraction of sp³-hybridized carbons (Fsp3) is 1.00. The smallest absolute Gasteiger partial charge is 0.0471 e. The molecule has 1 rings (SSSR count). The minimum atomic E-state index is 0.384. The van der Waals surface area contributed by atoms with Crippen LogP contribution in [0.15, 0.2) is 0 Å². The lowest BCUT2D eigenvalue weighted by Gasteiger charge is -2.15. The zero-order chi connectivity index (χ0) is 18.0. The molecule has 0 aromatic rings. The van der Waals surface area contributed by atoms with Gasteiger partial charge in [-0.2, -0.15) is 0 Å². The second kappa shape index (κ2) is 17.3. The summed E-state index contributed by atoms with van der Waals surface area (Å²) in [6, 6.07) is 0. The van der Waals surface area contributed by atoms with Crippen molar-refractivity contribution in [1.29, 1.82) is 0 Å². The van der Waals surface area contributed by atoms with E-state index < -0.39 is 0 Å². The SMILES string of the molecule is CCCCCCCCCCCCCCCCCCN1CCC(CO)C1. The lowest BCUT2D eigenvalue weighted by atomic mass is 10.0. The number of aliphatic hydroxyl groups is 1. The number of rotatable bonds is 18. The van der Waals surface area contributed by atoms with Crippen LogP contribution in [-0.2, 0) is 0 Å². The van der Waals surface area contributed by atoms with E-state index in [0.29, 0.717) is 12.5 Å². The summed E-state index contributed by atoms with van der Waals surface area (Å²) >= 11 is 0. The van der Waals surface area contributed by atoms with Crippen molar-refractivity contribution in [1.82, 2.24) is 4.90 Å². The van der Waals surface area contributed by atoms with Gasteiger partial charge in [0.15, 0.2) is 0 Å². The first kappa shape index (κ1) is 23.0. The van der Waals surface area contributed by atoms with Crippen molar-refractivity contribution in [3.05, 3.63) is 0 Å². The topological polar surface area (TPSA) is 23.5 Å². The molecule has 0 aromatic carbocycles. The highest BCUT2D eigenvalue weighted by molar-refractivity contribution is 4.74. The van der Waals surface area contributed by atoms with Gasteiger partial charge in [-0.25, -0.2) is 0 Å². The molecule has 0 aromatic heterocycles. The summed E-state index contributed by atoms with van der Waals surface area (Å²) in [5, 5.41) is 9.17. The molecule has 1 aliphatic heterocycles. The van der Waals surface area contributed by atoms with Gasteiger partial charge in [-0.3, -0.25) is 0 Å². The first-order valence-corrected chi connectivity index (χ1v) is 11.7. The van der Waals surface area contributed by atoms with Gasteiger partial charge < -0.3 is 10.0 Å². The maximum atomic E-state index is 9.17. The summed E-state index contributed by atoms with van der Waals surface area (Å²) in [5.74, 6) is 0.557. The Morgan fingerprint density at radius 3 is 1.52 bits per heavy atom. The van der Waals surface area contributed by atoms with Gasteiger partial charge in [-0.1, -0.05) is 103 Å². The monoisotopic (exact) mass is 353 g/mol. The van der Waals surface area contributed by atoms with E-state index in [2.05, 4.69) is 11.8 Å². The van der Waals surface area contributed by atoms with E-state index in [-0.39, 0.29) is 0 Å². The van der Waals surface area contributed by atoms with E-state index in [1.165, 1.54) is 122 Å². The van der Waals surface area contributed by atoms with Crippen LogP contribution in [0, 0.1) is 5.92 Å². The van der Waals surface area contributed by atoms with E-state index in [9.17, 15) is 0 Å². The molecule has 1 unspecified atom stereocenters. The summed E-state index contributed by atoms with van der Waals surface area (Å²) in [6.07, 6.45) is 24.3. The van der Waals surface area contributed by atoms with Gasteiger partial charge in [-0.15, -0.1) is 0 Å². The molecule has 0 bridgehead atoms. The molecule has 1 atom stereocenters. The molecule has 1 aliphatic rings. The molecular weight excluding hydrogens is 306 g/mol. The van der Waals surface area contributed by atoms with Gasteiger partial charge in [0, 0.05) is 13.2 Å². The number of unbranched alkanes of at least 4 members (excludes halogenated alkanes) is 15. The van der Waals surface area contributed by atoms with Crippen molar-refractivity contribution in [3.63, 3.8) is 0 Å². The predicted molar refractivity (Wildman–Crippen MR) is 111 cm³/mol. The first-order chi connectivity index (χ1) is 12.4. The quantitative estimate of drug-likeness (QED) is 0.282. The molecule has 0 spiro atoms. The van der Waals surface area contributed by atoms with Gasteiger partial charge in [0.2, 0.25) is 0 Å². The molecular formula is C23H47NO. The van der Waals surface area contributed by atoms with Crippen molar-refractivity contribution in [3.8, 4) is 0 Å². The number of nitrogens with zero attached hydrogens (tertiary/aromatic N) is 1. The third kappa shape index (κ3) is 13.7. The van der Waals surface area contributed by atoms with Crippen LogP contribution in [0.4, 0.5) is 0 Å². The zero-order valence-corrected chi connectivity index (χ0v) is 17.3. The molecule has 1 fully saturated rings. The average molecular weight is 354 g/mol. The Bertz CT molecular complexity index is 269. The summed E-state index contributed by atoms with van der Waals surface area (Å²) in [4.78, 5) is 2.55. The maximum absolute atomic E-state index is 9.17. The van der Waals surface area contributed by atoms with E-state index in [4.69, 9.17) is 5.11 Å². The first-order valence-electron chi connectivity index (χ1n) is 11.7. The van der Waals surface area contributed by atoms with Crippen molar-refractivity contribution in [2.45, 2.75) is 116 Å². The molecule has 0 radical (unpaired) electrons. The lowest BCUT2D eigenvalue weighted by molar-refractivity contribution is 0.221. The molecule has 1 N–H and O–H groups in total. The Morgan fingerprint density at radius 1 is 0.680 bits per heavy atom. The van der Waals surface area contributed by atoms with Crippen molar-refractivity contribution in [2.75, 3.05) is 26.2 Å². The average Bonchev–Trinajstić information content (AvgIpc) is 3.09. The van der Waals surface area contributed by atoms with Crippen LogP contribution in [0.25, 0.3) is 0 Å². The van der Waals surface area contributed by atoms with E-state index in [1.807, 2.05) is 0 Å². The van der Waals surface area contributed by atoms with Gasteiger partial charge in [0.05, 0.1) is 0 Å². The molecule has 1 saturated heterocycles. The van der Waals surface area contributed by atoms with Crippen LogP contribution in [-0.4, -0.2) is 36.2 Å². The van der Waals surface area contributed by atoms with Crippen LogP contribution in [0.2, 0.25) is 0 Å². The molecule has 150 valence electrons. The highest BCUT2D eigenvalue weighted by atomic mass is 16.3. The van der Waals surface area contributed by atoms with E-state index >= 15 is 0 Å². The molecule has 1 heterocycles. The highest BCUT2D eigenvalue weighted by Gasteiger charge is 2.20. The zero-order valence-electron chi connectivity index (χ0n) is 17.3. The van der Waals surface area contributed by atoms with Crippen LogP contribution in [0.1, 0.15) is 116 Å². The Kier molecular flexibility index (Phi) is 15.9. The number of aliphatic hydroxyl groups excluding tert-OH is 1. The van der Waals surface area contributed by atoms with E-state index in [1.54, 1.807) is 0 Å². The van der Waals surface area contributed by atoms with Crippen molar-refractivity contribution >= 4 is 0 Å². The van der Waals surface area contributed by atoms with Crippen LogP contribution >= 0.6 is 0 Å². The normalized spacial score (nSPS) is 18.2. The van der Waals surface area contributed by atoms with Crippen molar-refractivity contribution < 1.29 is 5.11 Å². The van der Waals surface area contributed by atoms with Gasteiger partial charge in [0.1, 0.15) is 0 Å². The minimum absolute atomic E-state index is 0.384. The molecule has 0 aliphatic carbocycles. The van der Waals surface area contributed by atoms with Crippen LogP contribution < -0.4 is 0 Å². The lowest BCUT2D eigenvalue weighted by Crippen LogP contribution is -2.22. The second-order valence-electron chi connectivity index (χ2n) is 8.44. The summed E-state index contributed by atoms with van der Waals surface area (Å²) in [7, 11) is 0. The van der Waals surface area contributed by atoms with Crippen molar-refractivity contribution in [2.24, 2.45) is 5.92 Å². The Labute approximate surface area is 158 Å². The molecule has 0 amide bonds. The fourth-order valence-electron chi connectivity index (χ4n) is 4.15. The second-order valence-corrected chi connectivity index (χ2v) is 8.44. The maximum Gasteiger partial charge on any atom is 0.0471 e. The standard InChI is InChI=1S/C23H47NO/c1-2-3-4-5-6-7-8-9-10-11-12-13-14-15-16-17-19-24-20-18-23(21-24)22-25/h23,25H,2-22H2,1H3. The summed E-state index contributed by atoms with van der Waals surface area (Å²) < 4.78 is 0. The Hall–Kier alpha value is -0.0800. The largest absolute Gasteiger partial charge is 0.396 e. The third-order valence-corrected chi connectivity index (χ3v) is 5.96. The number of hydrogen-bond donors (Lipinski definition) is 1. The fourth-order valence-corrected chi connectivity index (χ4v) is 4.15. The molecule has 0 saturated carbocycles. The van der Waals surface area contributed by atoms with Gasteiger partial charge in [0.25, 0.3) is 0 Å². The number of hydrogen-bond acceptors (Lipinski definition) is 2. The van der Waals surface area contributed by atoms with Crippen LogP contribution in [0.5, 0.6) is 0 Å². The highest BCUT2D eigenvalue weighted by Crippen LogP contribution is 2.17. The summed E-state index contributed by atoms with van der Waals surface area (Å²) in [6.45, 7) is 6.28. The Morgan fingerprint density at radius 2 is 1.12 bits per heavy atom. The molecule has 25 heavy (non-hydrogen) atoms. The predicted octanol–water partition coefficient (Wildman–Crippen LogP) is 6.56. The van der Waals surface area contributed by atoms with Gasteiger partial charge in [-0.05, 0) is 31.8 Å².